The van der Waals surface area contributed by atoms with Crippen LogP contribution in [0, 0.1) is 18.6 Å². The Morgan fingerprint density at radius 3 is 2.69 bits per heavy atom. The lowest BCUT2D eigenvalue weighted by Gasteiger charge is -2.43. The molecule has 0 unspecified atom stereocenters. The highest BCUT2D eigenvalue weighted by Crippen LogP contribution is 2.47. The van der Waals surface area contributed by atoms with Crippen LogP contribution in [0.4, 0.5) is 8.78 Å². The van der Waals surface area contributed by atoms with Gasteiger partial charge in [-0.2, -0.15) is 0 Å². The van der Waals surface area contributed by atoms with Crippen molar-refractivity contribution < 1.29 is 33.0 Å². The van der Waals surface area contributed by atoms with E-state index in [1.807, 2.05) is 6.07 Å². The van der Waals surface area contributed by atoms with Crippen LogP contribution in [0.1, 0.15) is 42.8 Å². The largest absolute Gasteiger partial charge is 0.394 e. The van der Waals surface area contributed by atoms with Gasteiger partial charge in [0.1, 0.15) is 35.8 Å². The van der Waals surface area contributed by atoms with Gasteiger partial charge in [0.2, 0.25) is 0 Å². The Labute approximate surface area is 200 Å². The molecular weight excluding hydrogens is 462 g/mol. The molecule has 2 aliphatic rings. The van der Waals surface area contributed by atoms with Crippen LogP contribution in [0.15, 0.2) is 28.9 Å². The number of rotatable bonds is 7. The minimum Gasteiger partial charge on any atom is -0.394 e. The van der Waals surface area contributed by atoms with Crippen molar-refractivity contribution in [3.8, 4) is 11.3 Å². The Balaban J connectivity index is 1.44. The minimum absolute atomic E-state index is 0.0457. The van der Waals surface area contributed by atoms with Gasteiger partial charge in [0, 0.05) is 30.6 Å². The summed E-state index contributed by atoms with van der Waals surface area (Å²) in [6.07, 6.45) is 0.366. The average molecular weight is 491 g/mol. The molecule has 35 heavy (non-hydrogen) atoms. The second-order valence-corrected chi connectivity index (χ2v) is 9.66. The topological polar surface area (TPSA) is 116 Å². The van der Waals surface area contributed by atoms with Crippen LogP contribution in [-0.2, 0) is 21.3 Å². The molecule has 1 aliphatic heterocycles. The lowest BCUT2D eigenvalue weighted by molar-refractivity contribution is -0.212. The second-order valence-electron chi connectivity index (χ2n) is 9.66. The molecule has 0 spiro atoms. The van der Waals surface area contributed by atoms with Gasteiger partial charge in [-0.05, 0) is 31.4 Å². The number of ether oxygens (including phenoxy) is 2. The number of aromatic nitrogens is 4. The van der Waals surface area contributed by atoms with Gasteiger partial charge in [0.05, 0.1) is 24.6 Å². The molecule has 0 bridgehead atoms. The van der Waals surface area contributed by atoms with Crippen molar-refractivity contribution in [1.29, 1.82) is 0 Å². The van der Waals surface area contributed by atoms with Crippen molar-refractivity contribution >= 4 is 0 Å². The van der Waals surface area contributed by atoms with Crippen LogP contribution < -0.4 is 0 Å². The van der Waals surface area contributed by atoms with Crippen molar-refractivity contribution in [3.63, 3.8) is 0 Å². The van der Waals surface area contributed by atoms with E-state index in [9.17, 15) is 19.0 Å². The zero-order valence-electron chi connectivity index (χ0n) is 19.7. The summed E-state index contributed by atoms with van der Waals surface area (Å²) in [5.74, 6) is -1.38. The van der Waals surface area contributed by atoms with Crippen LogP contribution in [-0.4, -0.2) is 68.5 Å². The Kier molecular flexibility index (Phi) is 6.20. The number of halogens is 2. The van der Waals surface area contributed by atoms with Crippen LogP contribution >= 0.6 is 0 Å². The van der Waals surface area contributed by atoms with E-state index in [2.05, 4.69) is 22.4 Å². The van der Waals surface area contributed by atoms with Crippen molar-refractivity contribution in [2.45, 2.75) is 69.0 Å². The van der Waals surface area contributed by atoms with E-state index in [0.29, 0.717) is 12.2 Å². The summed E-state index contributed by atoms with van der Waals surface area (Å²) in [5, 5.41) is 33.1. The van der Waals surface area contributed by atoms with E-state index in [4.69, 9.17) is 14.0 Å². The molecule has 1 saturated heterocycles. The quantitative estimate of drug-likeness (QED) is 0.519. The standard InChI is InChI=1S/C24H28F2N4O5/c1-12-4-5-14(20(26)19(12)25)15-10-30(29-27-15)21-22(32)17(11-31)34-16(23(21)33-3)8-13-9-18(28-35-13)24(2)6-7-24/h4-5,9-10,16-17,21-23,31-32H,6-8,11H2,1-3H3/t16-,17-,21+,22+,23+/m1/s1. The Morgan fingerprint density at radius 2 is 2.00 bits per heavy atom. The fourth-order valence-electron chi connectivity index (χ4n) is 4.66. The number of nitrogens with zero attached hydrogens (tertiary/aromatic N) is 4. The van der Waals surface area contributed by atoms with E-state index in [0.717, 1.165) is 18.5 Å². The fraction of sp³-hybridized carbons (Fsp3) is 0.542. The molecule has 1 saturated carbocycles. The first-order valence-corrected chi connectivity index (χ1v) is 11.6. The van der Waals surface area contributed by atoms with Gasteiger partial charge in [-0.3, -0.25) is 0 Å². The predicted molar refractivity (Wildman–Crippen MR) is 118 cm³/mol. The molecule has 0 amide bonds. The molecule has 5 rings (SSSR count). The van der Waals surface area contributed by atoms with Crippen molar-refractivity contribution in [1.82, 2.24) is 20.2 Å². The Morgan fingerprint density at radius 1 is 1.23 bits per heavy atom. The molecule has 2 fully saturated rings. The number of benzene rings is 1. The third-order valence-corrected chi connectivity index (χ3v) is 7.18. The van der Waals surface area contributed by atoms with Gasteiger partial charge in [-0.25, -0.2) is 13.5 Å². The van der Waals surface area contributed by atoms with Crippen LogP contribution in [0.2, 0.25) is 0 Å². The number of hydrogen-bond acceptors (Lipinski definition) is 8. The average Bonchev–Trinajstić information content (AvgIpc) is 3.23. The summed E-state index contributed by atoms with van der Waals surface area (Å²) in [6, 6.07) is 3.97. The van der Waals surface area contributed by atoms with E-state index >= 15 is 0 Å². The third-order valence-electron chi connectivity index (χ3n) is 7.18. The molecule has 188 valence electrons. The second kappa shape index (κ2) is 9.05. The highest BCUT2D eigenvalue weighted by Gasteiger charge is 2.48. The van der Waals surface area contributed by atoms with E-state index in [1.165, 1.54) is 37.0 Å². The van der Waals surface area contributed by atoms with Crippen molar-refractivity contribution in [2.75, 3.05) is 13.7 Å². The summed E-state index contributed by atoms with van der Waals surface area (Å²) >= 11 is 0. The maximum Gasteiger partial charge on any atom is 0.168 e. The van der Waals surface area contributed by atoms with Crippen LogP contribution in [0.25, 0.3) is 11.3 Å². The highest BCUT2D eigenvalue weighted by atomic mass is 19.2. The SMILES string of the molecule is CO[C@@H]1[C@@H](n2cc(-c3ccc(C)c(F)c3F)nn2)[C@@H](O)[C@@H](CO)O[C@@H]1Cc1cc(C2(C)CC2)no1. The molecule has 3 aromatic rings. The number of methoxy groups -OCH3 is 1. The lowest BCUT2D eigenvalue weighted by atomic mass is 9.90. The maximum atomic E-state index is 14.5. The Hall–Kier alpha value is -2.73. The first-order chi connectivity index (χ1) is 16.8. The fourth-order valence-corrected chi connectivity index (χ4v) is 4.66. The minimum atomic E-state index is -1.20. The van der Waals surface area contributed by atoms with Crippen LogP contribution in [0.5, 0.6) is 0 Å². The number of aliphatic hydroxyl groups excluding tert-OH is 2. The first-order valence-electron chi connectivity index (χ1n) is 11.6. The van der Waals surface area contributed by atoms with Crippen molar-refractivity contribution in [3.05, 3.63) is 53.0 Å². The van der Waals surface area contributed by atoms with Gasteiger partial charge in [-0.15, -0.1) is 5.10 Å². The summed E-state index contributed by atoms with van der Waals surface area (Å²) in [5.41, 5.74) is 1.17. The first kappa shape index (κ1) is 24.0. The van der Waals surface area contributed by atoms with E-state index in [1.54, 1.807) is 0 Å². The van der Waals surface area contributed by atoms with E-state index < -0.39 is 48.7 Å². The maximum absolute atomic E-state index is 14.5. The number of aliphatic hydroxyl groups is 2. The molecule has 2 N–H and O–H groups in total. The van der Waals surface area contributed by atoms with Crippen LogP contribution in [0.3, 0.4) is 0 Å². The van der Waals surface area contributed by atoms with Gasteiger partial charge < -0.3 is 24.2 Å². The molecule has 1 aliphatic carbocycles. The zero-order chi connectivity index (χ0) is 24.9. The molecular formula is C24H28F2N4O5. The van der Waals surface area contributed by atoms with Crippen molar-refractivity contribution in [2.24, 2.45) is 0 Å². The predicted octanol–water partition coefficient (Wildman–Crippen LogP) is 2.49. The monoisotopic (exact) mass is 490 g/mol. The molecule has 0 radical (unpaired) electrons. The molecule has 9 nitrogen and oxygen atoms in total. The zero-order valence-corrected chi connectivity index (χ0v) is 19.7. The molecule has 5 atom stereocenters. The lowest BCUT2D eigenvalue weighted by Crippen LogP contribution is -2.57. The summed E-state index contributed by atoms with van der Waals surface area (Å²) in [6.45, 7) is 3.16. The highest BCUT2D eigenvalue weighted by molar-refractivity contribution is 5.59. The summed E-state index contributed by atoms with van der Waals surface area (Å²) in [4.78, 5) is 0. The smallest absolute Gasteiger partial charge is 0.168 e. The third kappa shape index (κ3) is 4.26. The summed E-state index contributed by atoms with van der Waals surface area (Å²) < 4.78 is 47.2. The van der Waals surface area contributed by atoms with Gasteiger partial charge in [-0.1, -0.05) is 23.4 Å². The number of aryl methyl sites for hydroxylation is 1. The van der Waals surface area contributed by atoms with Gasteiger partial charge >= 0.3 is 0 Å². The van der Waals surface area contributed by atoms with Gasteiger partial charge in [0.25, 0.3) is 0 Å². The summed E-state index contributed by atoms with van der Waals surface area (Å²) in [7, 11) is 1.48. The molecule has 1 aromatic carbocycles. The molecule has 3 heterocycles. The van der Waals surface area contributed by atoms with E-state index in [-0.39, 0.29) is 22.2 Å². The molecule has 11 heteroatoms. The molecule has 2 aromatic heterocycles. The van der Waals surface area contributed by atoms with Gasteiger partial charge in [0.15, 0.2) is 11.6 Å². The number of hydrogen-bond donors (Lipinski definition) is 2. The Bertz CT molecular complexity index is 1210. The normalized spacial score (nSPS) is 27.8.